The predicted octanol–water partition coefficient (Wildman–Crippen LogP) is 1.67. The van der Waals surface area contributed by atoms with Crippen molar-refractivity contribution in [1.82, 2.24) is 4.90 Å². The zero-order valence-corrected chi connectivity index (χ0v) is 16.8. The number of benzene rings is 1. The van der Waals surface area contributed by atoms with Crippen molar-refractivity contribution in [2.24, 2.45) is 17.6 Å². The van der Waals surface area contributed by atoms with E-state index in [1.54, 1.807) is 37.3 Å². The van der Waals surface area contributed by atoms with Crippen molar-refractivity contribution < 1.29 is 23.9 Å². The number of ketones is 2. The quantitative estimate of drug-likeness (QED) is 0.390. The molecular weight excluding hydrogens is 392 g/mol. The topological polar surface area (TPSA) is 98.9 Å². The fourth-order valence-corrected chi connectivity index (χ4v) is 3.52. The zero-order chi connectivity index (χ0) is 21.0. The van der Waals surface area contributed by atoms with Gasteiger partial charge in [0.25, 0.3) is 0 Å². The molecule has 0 aromatic heterocycles. The van der Waals surface area contributed by atoms with E-state index < -0.39 is 11.9 Å². The molecule has 0 spiro atoms. The number of ether oxygens (including phenoxy) is 2. The van der Waals surface area contributed by atoms with E-state index in [1.165, 1.54) is 0 Å². The van der Waals surface area contributed by atoms with Gasteiger partial charge in [-0.25, -0.2) is 4.79 Å². The van der Waals surface area contributed by atoms with Crippen LogP contribution >= 0.6 is 12.2 Å². The Hall–Kier alpha value is -3.00. The van der Waals surface area contributed by atoms with Crippen LogP contribution in [0, 0.1) is 11.8 Å². The molecule has 0 amide bonds. The lowest BCUT2D eigenvalue weighted by molar-refractivity contribution is -0.145. The second-order valence-electron chi connectivity index (χ2n) is 6.79. The largest absolute Gasteiger partial charge is 0.482 e. The molecule has 29 heavy (non-hydrogen) atoms. The highest BCUT2D eigenvalue weighted by molar-refractivity contribution is 7.80. The van der Waals surface area contributed by atoms with E-state index in [2.05, 4.69) is 0 Å². The number of Topliss-reactive ketones (excluding diaryl/α,β-unsaturated/α-hetero) is 2. The van der Waals surface area contributed by atoms with Gasteiger partial charge in [0, 0.05) is 18.3 Å². The Morgan fingerprint density at radius 2 is 2.00 bits per heavy atom. The van der Waals surface area contributed by atoms with Crippen molar-refractivity contribution in [3.63, 3.8) is 0 Å². The van der Waals surface area contributed by atoms with Crippen LogP contribution in [0.5, 0.6) is 5.75 Å². The molecule has 8 heteroatoms. The van der Waals surface area contributed by atoms with Gasteiger partial charge in [-0.1, -0.05) is 24.4 Å². The lowest BCUT2D eigenvalue weighted by Gasteiger charge is -2.22. The summed E-state index contributed by atoms with van der Waals surface area (Å²) in [7, 11) is 0. The maximum absolute atomic E-state index is 12.6. The van der Waals surface area contributed by atoms with Crippen LogP contribution in [0.25, 0.3) is 0 Å². The second kappa shape index (κ2) is 9.00. The van der Waals surface area contributed by atoms with Crippen LogP contribution in [0.1, 0.15) is 17.3 Å². The van der Waals surface area contributed by atoms with E-state index in [0.29, 0.717) is 24.5 Å². The number of hydrogen-bond donors (Lipinski definition) is 1. The molecule has 7 nitrogen and oxygen atoms in total. The Bertz CT molecular complexity index is 891. The molecule has 2 aliphatic rings. The first-order chi connectivity index (χ1) is 13.9. The third-order valence-corrected chi connectivity index (χ3v) is 5.03. The molecule has 1 aliphatic carbocycles. The zero-order valence-electron chi connectivity index (χ0n) is 16.0. The first-order valence-electron chi connectivity index (χ1n) is 9.27. The smallest absolute Gasteiger partial charge is 0.344 e. The summed E-state index contributed by atoms with van der Waals surface area (Å²) < 4.78 is 10.1. The van der Waals surface area contributed by atoms with Crippen molar-refractivity contribution in [2.45, 2.75) is 6.92 Å². The first kappa shape index (κ1) is 20.7. The summed E-state index contributed by atoms with van der Waals surface area (Å²) in [6.45, 7) is 2.43. The van der Waals surface area contributed by atoms with Crippen LogP contribution in [0.15, 0.2) is 48.2 Å². The van der Waals surface area contributed by atoms with E-state index in [-0.39, 0.29) is 35.6 Å². The minimum atomic E-state index is -0.537. The lowest BCUT2D eigenvalue weighted by atomic mass is 9.83. The summed E-state index contributed by atoms with van der Waals surface area (Å²) >= 11 is 4.95. The first-order valence-corrected chi connectivity index (χ1v) is 9.68. The van der Waals surface area contributed by atoms with Gasteiger partial charge in [0.05, 0.1) is 30.0 Å². The standard InChI is InChI=1S/C21H22N2O5S/c1-2-27-19(25)12-28-15-6-3-13(4-7-15)18(24)11-23-9-14-5-8-16(21(22)29)20(26)17(14)10-23/h3-9,16-17H,2,10-12H2,1H3,(H2,22,29). The summed E-state index contributed by atoms with van der Waals surface area (Å²) in [5, 5.41) is 0. The van der Waals surface area contributed by atoms with Crippen molar-refractivity contribution >= 4 is 34.7 Å². The van der Waals surface area contributed by atoms with Gasteiger partial charge in [-0.3, -0.25) is 9.59 Å². The van der Waals surface area contributed by atoms with E-state index >= 15 is 0 Å². The van der Waals surface area contributed by atoms with Crippen molar-refractivity contribution in [1.29, 1.82) is 0 Å². The van der Waals surface area contributed by atoms with E-state index in [4.69, 9.17) is 27.4 Å². The van der Waals surface area contributed by atoms with E-state index in [1.807, 2.05) is 17.2 Å². The van der Waals surface area contributed by atoms with Crippen LogP contribution in [-0.2, 0) is 14.3 Å². The third-order valence-electron chi connectivity index (χ3n) is 4.77. The summed E-state index contributed by atoms with van der Waals surface area (Å²) in [4.78, 5) is 38.4. The maximum atomic E-state index is 12.6. The molecule has 0 radical (unpaired) electrons. The molecule has 2 N–H and O–H groups in total. The van der Waals surface area contributed by atoms with Gasteiger partial charge in [-0.05, 0) is 36.8 Å². The van der Waals surface area contributed by atoms with Gasteiger partial charge in [0.2, 0.25) is 0 Å². The second-order valence-corrected chi connectivity index (χ2v) is 7.27. The van der Waals surface area contributed by atoms with Gasteiger partial charge >= 0.3 is 5.97 Å². The fourth-order valence-electron chi connectivity index (χ4n) is 3.33. The molecule has 1 heterocycles. The van der Waals surface area contributed by atoms with Crippen LogP contribution in [-0.4, -0.2) is 53.7 Å². The van der Waals surface area contributed by atoms with Crippen molar-refractivity contribution in [3.8, 4) is 5.75 Å². The minimum Gasteiger partial charge on any atom is -0.482 e. The Morgan fingerprint density at radius 3 is 2.66 bits per heavy atom. The highest BCUT2D eigenvalue weighted by Gasteiger charge is 2.37. The molecule has 1 aromatic carbocycles. The summed E-state index contributed by atoms with van der Waals surface area (Å²) in [5.74, 6) is -0.923. The number of nitrogens with zero attached hydrogens (tertiary/aromatic N) is 1. The predicted molar refractivity (Wildman–Crippen MR) is 110 cm³/mol. The molecule has 1 aromatic rings. The molecule has 0 saturated carbocycles. The minimum absolute atomic E-state index is 0.0238. The highest BCUT2D eigenvalue weighted by Crippen LogP contribution is 2.31. The highest BCUT2D eigenvalue weighted by atomic mass is 32.1. The number of esters is 1. The molecule has 2 atom stereocenters. The average Bonchev–Trinajstić information content (AvgIpc) is 3.10. The van der Waals surface area contributed by atoms with Crippen LogP contribution in [0.3, 0.4) is 0 Å². The van der Waals surface area contributed by atoms with E-state index in [0.717, 1.165) is 5.57 Å². The fraction of sp³-hybridized carbons (Fsp3) is 0.333. The number of rotatable bonds is 8. The molecule has 3 rings (SSSR count). The summed E-state index contributed by atoms with van der Waals surface area (Å²) in [6, 6.07) is 6.56. The Balaban J connectivity index is 1.56. The Labute approximate surface area is 174 Å². The number of carbonyl (C=O) groups is 3. The molecule has 0 bridgehead atoms. The molecule has 1 aliphatic heterocycles. The van der Waals surface area contributed by atoms with Crippen LogP contribution in [0.2, 0.25) is 0 Å². The monoisotopic (exact) mass is 414 g/mol. The van der Waals surface area contributed by atoms with Gasteiger partial charge in [-0.15, -0.1) is 0 Å². The SMILES string of the molecule is CCOC(=O)COc1ccc(C(=O)CN2C=C3C=CC(C(N)=S)C(=O)C3C2)cc1. The average molecular weight is 414 g/mol. The molecule has 0 saturated heterocycles. The van der Waals surface area contributed by atoms with Gasteiger partial charge in [-0.2, -0.15) is 0 Å². The molecular formula is C21H22N2O5S. The van der Waals surface area contributed by atoms with Crippen molar-refractivity contribution in [2.75, 3.05) is 26.3 Å². The number of hydrogen-bond acceptors (Lipinski definition) is 7. The lowest BCUT2D eigenvalue weighted by Crippen LogP contribution is -2.37. The van der Waals surface area contributed by atoms with Crippen LogP contribution in [0.4, 0.5) is 0 Å². The molecule has 2 unspecified atom stereocenters. The van der Waals surface area contributed by atoms with Crippen LogP contribution < -0.4 is 10.5 Å². The molecule has 0 fully saturated rings. The number of fused-ring (bicyclic) bond motifs is 1. The van der Waals surface area contributed by atoms with Gasteiger partial charge < -0.3 is 20.1 Å². The number of allylic oxidation sites excluding steroid dienone is 1. The maximum Gasteiger partial charge on any atom is 0.344 e. The third kappa shape index (κ3) is 4.89. The summed E-state index contributed by atoms with van der Waals surface area (Å²) in [6.07, 6.45) is 5.41. The van der Waals surface area contributed by atoms with Gasteiger partial charge in [0.1, 0.15) is 5.75 Å². The normalized spacial score (nSPS) is 20.1. The Kier molecular flexibility index (Phi) is 6.43. The Morgan fingerprint density at radius 1 is 1.28 bits per heavy atom. The number of nitrogens with two attached hydrogens (primary N) is 1. The van der Waals surface area contributed by atoms with Gasteiger partial charge in [0.15, 0.2) is 18.2 Å². The van der Waals surface area contributed by atoms with E-state index in [9.17, 15) is 14.4 Å². The molecule has 152 valence electrons. The summed E-state index contributed by atoms with van der Waals surface area (Å²) in [5.41, 5.74) is 7.02. The van der Waals surface area contributed by atoms with Crippen molar-refractivity contribution in [3.05, 3.63) is 53.8 Å². The number of carbonyl (C=O) groups excluding carboxylic acids is 3. The number of thiocarbonyl (C=S) groups is 1.